The maximum Gasteiger partial charge on any atom is 0.255 e. The molecule has 7 nitrogen and oxygen atoms in total. The zero-order valence-electron chi connectivity index (χ0n) is 17.3. The van der Waals surface area contributed by atoms with E-state index in [2.05, 4.69) is 20.6 Å². The monoisotopic (exact) mass is 424 g/mol. The van der Waals surface area contributed by atoms with E-state index in [0.717, 1.165) is 11.1 Å². The maximum absolute atomic E-state index is 12.8. The Bertz CT molecular complexity index is 1220. The summed E-state index contributed by atoms with van der Waals surface area (Å²) in [5.74, 6) is 0.0450. The summed E-state index contributed by atoms with van der Waals surface area (Å²) in [7, 11) is 1.56. The van der Waals surface area contributed by atoms with Crippen LogP contribution in [0.25, 0.3) is 11.1 Å². The molecule has 0 aliphatic heterocycles. The molecule has 0 unspecified atom stereocenters. The summed E-state index contributed by atoms with van der Waals surface area (Å²) in [6.07, 6.45) is 6.48. The van der Waals surface area contributed by atoms with Crippen molar-refractivity contribution in [1.82, 2.24) is 9.97 Å². The highest BCUT2D eigenvalue weighted by Gasteiger charge is 2.13. The van der Waals surface area contributed by atoms with E-state index in [0.29, 0.717) is 28.3 Å². The Morgan fingerprint density at radius 2 is 1.19 bits per heavy atom. The molecule has 2 N–H and O–H groups in total. The van der Waals surface area contributed by atoms with Crippen molar-refractivity contribution in [3.63, 3.8) is 0 Å². The number of amides is 2. The predicted molar refractivity (Wildman–Crippen MR) is 123 cm³/mol. The molecule has 158 valence electrons. The minimum absolute atomic E-state index is 0.306. The molecule has 0 fully saturated rings. The fraction of sp³-hybridized carbons (Fsp3) is 0.0400. The van der Waals surface area contributed by atoms with Gasteiger partial charge in [-0.2, -0.15) is 0 Å². The minimum Gasteiger partial charge on any atom is -0.497 e. The second-order valence-corrected chi connectivity index (χ2v) is 6.87. The Morgan fingerprint density at radius 3 is 1.81 bits per heavy atom. The molecule has 0 aliphatic rings. The molecule has 32 heavy (non-hydrogen) atoms. The lowest BCUT2D eigenvalue weighted by Crippen LogP contribution is -2.17. The summed E-state index contributed by atoms with van der Waals surface area (Å²) in [5.41, 5.74) is 3.80. The lowest BCUT2D eigenvalue weighted by atomic mass is 10.0. The fourth-order valence-electron chi connectivity index (χ4n) is 3.09. The van der Waals surface area contributed by atoms with Crippen molar-refractivity contribution in [2.45, 2.75) is 0 Å². The molecular formula is C25H20N4O3. The van der Waals surface area contributed by atoms with Crippen molar-refractivity contribution in [2.24, 2.45) is 0 Å². The molecule has 0 saturated carbocycles. The number of hydrogen-bond donors (Lipinski definition) is 2. The van der Waals surface area contributed by atoms with E-state index in [9.17, 15) is 9.59 Å². The van der Waals surface area contributed by atoms with E-state index < -0.39 is 0 Å². The molecule has 0 radical (unpaired) electrons. The van der Waals surface area contributed by atoms with Crippen LogP contribution in [0.2, 0.25) is 0 Å². The number of methoxy groups -OCH3 is 1. The van der Waals surface area contributed by atoms with Gasteiger partial charge in [0, 0.05) is 29.7 Å². The highest BCUT2D eigenvalue weighted by molar-refractivity contribution is 6.10. The molecule has 7 heteroatoms. The van der Waals surface area contributed by atoms with Crippen molar-refractivity contribution >= 4 is 23.2 Å². The third-order valence-corrected chi connectivity index (χ3v) is 4.83. The molecule has 4 aromatic rings. The number of anilines is 2. The van der Waals surface area contributed by atoms with Crippen LogP contribution >= 0.6 is 0 Å². The number of rotatable bonds is 6. The van der Waals surface area contributed by atoms with Crippen LogP contribution in [0.3, 0.4) is 0 Å². The van der Waals surface area contributed by atoms with Crippen LogP contribution in [-0.2, 0) is 0 Å². The van der Waals surface area contributed by atoms with Crippen LogP contribution in [0, 0.1) is 0 Å². The lowest BCUT2D eigenvalue weighted by Gasteiger charge is -2.12. The first-order valence-electron chi connectivity index (χ1n) is 9.85. The Morgan fingerprint density at radius 1 is 0.656 bits per heavy atom. The third-order valence-electron chi connectivity index (χ3n) is 4.83. The number of nitrogens with one attached hydrogen (secondary N) is 2. The Labute approximate surface area is 185 Å². The molecule has 0 spiro atoms. The third kappa shape index (κ3) is 4.79. The zero-order chi connectivity index (χ0) is 22.3. The molecule has 2 amide bonds. The van der Waals surface area contributed by atoms with Gasteiger partial charge in [0.15, 0.2) is 0 Å². The van der Waals surface area contributed by atoms with Gasteiger partial charge in [0.1, 0.15) is 5.75 Å². The fourth-order valence-corrected chi connectivity index (χ4v) is 3.09. The number of carbonyl (C=O) groups excluding carboxylic acids is 2. The van der Waals surface area contributed by atoms with E-state index in [-0.39, 0.29) is 11.8 Å². The Balaban J connectivity index is 1.47. The molecule has 0 aliphatic carbocycles. The number of pyridine rings is 2. The van der Waals surface area contributed by atoms with Gasteiger partial charge in [0.25, 0.3) is 11.8 Å². The van der Waals surface area contributed by atoms with Crippen LogP contribution in [0.15, 0.2) is 91.5 Å². The first-order chi connectivity index (χ1) is 15.6. The first-order valence-corrected chi connectivity index (χ1v) is 9.85. The van der Waals surface area contributed by atoms with Gasteiger partial charge in [0.05, 0.1) is 24.7 Å². The number of benzene rings is 2. The number of carbonyl (C=O) groups is 2. The largest absolute Gasteiger partial charge is 0.497 e. The Hall–Kier alpha value is -4.52. The standard InChI is InChI=1S/C25H20N4O3/c1-32-21-8-6-20(7-9-21)24(30)28-22-12-15-27-16-23(22)29-25(31)19-4-2-17(3-5-19)18-10-13-26-14-11-18/h2-16H,1H3,(H,29,31)(H,27,28,30). The van der Waals surface area contributed by atoms with Crippen LogP contribution in [0.1, 0.15) is 20.7 Å². The van der Waals surface area contributed by atoms with Gasteiger partial charge in [-0.15, -0.1) is 0 Å². The summed E-state index contributed by atoms with van der Waals surface area (Å²) in [6, 6.07) is 19.4. The molecule has 0 atom stereocenters. The van der Waals surface area contributed by atoms with Crippen molar-refractivity contribution < 1.29 is 14.3 Å². The smallest absolute Gasteiger partial charge is 0.255 e. The quantitative estimate of drug-likeness (QED) is 0.470. The SMILES string of the molecule is COc1ccc(C(=O)Nc2ccncc2NC(=O)c2ccc(-c3ccncc3)cc2)cc1. The summed E-state index contributed by atoms with van der Waals surface area (Å²) in [6.45, 7) is 0. The molecular weight excluding hydrogens is 404 g/mol. The van der Waals surface area contributed by atoms with Crippen LogP contribution in [0.4, 0.5) is 11.4 Å². The average molecular weight is 424 g/mol. The number of ether oxygens (including phenoxy) is 1. The highest BCUT2D eigenvalue weighted by Crippen LogP contribution is 2.23. The van der Waals surface area contributed by atoms with E-state index in [4.69, 9.17) is 4.74 Å². The second-order valence-electron chi connectivity index (χ2n) is 6.87. The van der Waals surface area contributed by atoms with E-state index in [1.54, 1.807) is 68.2 Å². The van der Waals surface area contributed by atoms with E-state index in [1.807, 2.05) is 24.3 Å². The summed E-state index contributed by atoms with van der Waals surface area (Å²) in [5, 5.41) is 5.63. The minimum atomic E-state index is -0.309. The lowest BCUT2D eigenvalue weighted by molar-refractivity contribution is 0.101. The van der Waals surface area contributed by atoms with Gasteiger partial charge >= 0.3 is 0 Å². The summed E-state index contributed by atoms with van der Waals surface area (Å²) < 4.78 is 5.11. The van der Waals surface area contributed by atoms with Crippen LogP contribution < -0.4 is 15.4 Å². The normalized spacial score (nSPS) is 10.3. The Kier molecular flexibility index (Phi) is 6.17. The predicted octanol–water partition coefficient (Wildman–Crippen LogP) is 4.66. The van der Waals surface area contributed by atoms with Gasteiger partial charge in [0.2, 0.25) is 0 Å². The van der Waals surface area contributed by atoms with Crippen molar-refractivity contribution in [2.75, 3.05) is 17.7 Å². The van der Waals surface area contributed by atoms with Crippen molar-refractivity contribution in [3.8, 4) is 16.9 Å². The first kappa shape index (κ1) is 20.7. The van der Waals surface area contributed by atoms with E-state index in [1.165, 1.54) is 6.20 Å². The molecule has 2 aromatic heterocycles. The van der Waals surface area contributed by atoms with Gasteiger partial charge in [-0.25, -0.2) is 0 Å². The summed E-state index contributed by atoms with van der Waals surface area (Å²) >= 11 is 0. The maximum atomic E-state index is 12.8. The van der Waals surface area contributed by atoms with Crippen LogP contribution in [-0.4, -0.2) is 28.9 Å². The van der Waals surface area contributed by atoms with Gasteiger partial charge in [-0.3, -0.25) is 19.6 Å². The van der Waals surface area contributed by atoms with Crippen molar-refractivity contribution in [3.05, 3.63) is 103 Å². The molecule has 2 heterocycles. The second kappa shape index (κ2) is 9.53. The van der Waals surface area contributed by atoms with Gasteiger partial charge < -0.3 is 15.4 Å². The average Bonchev–Trinajstić information content (AvgIpc) is 2.86. The number of aromatic nitrogens is 2. The highest BCUT2D eigenvalue weighted by atomic mass is 16.5. The summed E-state index contributed by atoms with van der Waals surface area (Å²) in [4.78, 5) is 33.4. The van der Waals surface area contributed by atoms with Crippen LogP contribution in [0.5, 0.6) is 5.75 Å². The van der Waals surface area contributed by atoms with Crippen molar-refractivity contribution in [1.29, 1.82) is 0 Å². The molecule has 2 aromatic carbocycles. The number of nitrogens with zero attached hydrogens (tertiary/aromatic N) is 2. The molecule has 0 saturated heterocycles. The van der Waals surface area contributed by atoms with E-state index >= 15 is 0 Å². The zero-order valence-corrected chi connectivity index (χ0v) is 17.3. The molecule has 0 bridgehead atoms. The van der Waals surface area contributed by atoms with Gasteiger partial charge in [-0.1, -0.05) is 12.1 Å². The number of hydrogen-bond acceptors (Lipinski definition) is 5. The van der Waals surface area contributed by atoms with Gasteiger partial charge in [-0.05, 0) is 65.7 Å². The topological polar surface area (TPSA) is 93.2 Å². The molecule has 4 rings (SSSR count).